The molecule has 0 aromatic carbocycles. The van der Waals surface area contributed by atoms with Crippen LogP contribution in [0.25, 0.3) is 11.3 Å². The van der Waals surface area contributed by atoms with Crippen LogP contribution in [0, 0.1) is 0 Å². The highest BCUT2D eigenvalue weighted by molar-refractivity contribution is 5.85. The molecule has 10 heteroatoms. The van der Waals surface area contributed by atoms with E-state index in [2.05, 4.69) is 38.9 Å². The van der Waals surface area contributed by atoms with Crippen molar-refractivity contribution in [1.29, 1.82) is 0 Å². The fraction of sp³-hybridized carbons (Fsp3) is 0.600. The maximum Gasteiger partial charge on any atom is 0.228 e. The van der Waals surface area contributed by atoms with Crippen molar-refractivity contribution in [1.82, 2.24) is 25.3 Å². The summed E-state index contributed by atoms with van der Waals surface area (Å²) >= 11 is 0. The van der Waals surface area contributed by atoms with Gasteiger partial charge in [-0.3, -0.25) is 0 Å². The normalized spacial score (nSPS) is 25.9. The van der Waals surface area contributed by atoms with E-state index >= 15 is 0 Å². The van der Waals surface area contributed by atoms with Crippen molar-refractivity contribution >= 4 is 30.1 Å². The topological polar surface area (TPSA) is 105 Å². The standard InChI is InChI=1S/C20H28N8O.ClH/c1-13-11-29-8-7-27(13)19-25-16(14-9-23-18(21)24-10-14)15-3-6-28(17(15)26-19)20(2)4-5-22-12-20;/h9-10,13,22H,3-8,11-12H2,1-2H3,(H2,21,23,24);1H/t13-,20+;/m0./s1. The van der Waals surface area contributed by atoms with Gasteiger partial charge in [0.2, 0.25) is 11.9 Å². The summed E-state index contributed by atoms with van der Waals surface area (Å²) in [7, 11) is 0. The summed E-state index contributed by atoms with van der Waals surface area (Å²) < 4.78 is 5.62. The second-order valence-corrected chi connectivity index (χ2v) is 8.45. The first-order valence-corrected chi connectivity index (χ1v) is 10.4. The monoisotopic (exact) mass is 432 g/mol. The van der Waals surface area contributed by atoms with Crippen LogP contribution >= 0.6 is 12.4 Å². The minimum Gasteiger partial charge on any atom is -0.377 e. The number of ether oxygens (including phenoxy) is 1. The molecule has 2 atom stereocenters. The van der Waals surface area contributed by atoms with Crippen LogP contribution in [0.1, 0.15) is 25.8 Å². The number of aromatic nitrogens is 4. The van der Waals surface area contributed by atoms with Crippen LogP contribution < -0.4 is 20.9 Å². The summed E-state index contributed by atoms with van der Waals surface area (Å²) in [5.41, 5.74) is 8.76. The molecule has 5 heterocycles. The molecule has 0 saturated carbocycles. The van der Waals surface area contributed by atoms with E-state index in [9.17, 15) is 0 Å². The Balaban J connectivity index is 0.00000218. The Morgan fingerprint density at radius 3 is 2.73 bits per heavy atom. The molecule has 0 amide bonds. The van der Waals surface area contributed by atoms with Gasteiger partial charge in [0, 0.05) is 43.2 Å². The van der Waals surface area contributed by atoms with Gasteiger partial charge in [0.25, 0.3) is 0 Å². The lowest BCUT2D eigenvalue weighted by Gasteiger charge is -2.37. The SMILES string of the molecule is C[C@H]1COCCN1c1nc(-c2cnc(N)nc2)c2c(n1)N([C@]1(C)CCNC1)CC2.Cl. The van der Waals surface area contributed by atoms with Crippen molar-refractivity contribution in [2.75, 3.05) is 54.9 Å². The summed E-state index contributed by atoms with van der Waals surface area (Å²) in [6, 6.07) is 0.232. The van der Waals surface area contributed by atoms with Crippen LogP contribution in [0.5, 0.6) is 0 Å². The molecule has 0 radical (unpaired) electrons. The number of rotatable bonds is 3. The number of fused-ring (bicyclic) bond motifs is 1. The lowest BCUT2D eigenvalue weighted by Crippen LogP contribution is -2.48. The first-order valence-electron chi connectivity index (χ1n) is 10.4. The largest absolute Gasteiger partial charge is 0.377 e. The van der Waals surface area contributed by atoms with Crippen molar-refractivity contribution in [3.05, 3.63) is 18.0 Å². The molecule has 5 rings (SSSR count). The zero-order valence-electron chi connectivity index (χ0n) is 17.5. The number of anilines is 3. The molecule has 3 aliphatic rings. The first kappa shape index (κ1) is 21.0. The highest BCUT2D eigenvalue weighted by atomic mass is 35.5. The van der Waals surface area contributed by atoms with Crippen LogP contribution in [-0.2, 0) is 11.2 Å². The molecular formula is C20H29ClN8O. The number of nitrogens with zero attached hydrogens (tertiary/aromatic N) is 6. The van der Waals surface area contributed by atoms with Crippen molar-refractivity contribution < 1.29 is 4.74 Å². The Kier molecular flexibility index (Phi) is 5.69. The predicted octanol–water partition coefficient (Wildman–Crippen LogP) is 1.28. The molecule has 162 valence electrons. The quantitative estimate of drug-likeness (QED) is 0.741. The molecule has 0 bridgehead atoms. The lowest BCUT2D eigenvalue weighted by atomic mass is 9.99. The molecule has 30 heavy (non-hydrogen) atoms. The minimum absolute atomic E-state index is 0. The molecule has 2 fully saturated rings. The summed E-state index contributed by atoms with van der Waals surface area (Å²) in [4.78, 5) is 23.2. The number of nitrogen functional groups attached to an aromatic ring is 1. The van der Waals surface area contributed by atoms with Gasteiger partial charge in [-0.25, -0.2) is 15.0 Å². The number of hydrogen-bond acceptors (Lipinski definition) is 9. The minimum atomic E-state index is 0. The van der Waals surface area contributed by atoms with Gasteiger partial charge in [-0.1, -0.05) is 0 Å². The van der Waals surface area contributed by atoms with Gasteiger partial charge in [-0.15, -0.1) is 12.4 Å². The average Bonchev–Trinajstić information content (AvgIpc) is 3.35. The van der Waals surface area contributed by atoms with Gasteiger partial charge in [0.15, 0.2) is 0 Å². The molecule has 0 aliphatic carbocycles. The summed E-state index contributed by atoms with van der Waals surface area (Å²) in [6.07, 6.45) is 5.56. The number of nitrogens with one attached hydrogen (secondary N) is 1. The molecular weight excluding hydrogens is 404 g/mol. The van der Waals surface area contributed by atoms with E-state index in [1.54, 1.807) is 12.4 Å². The van der Waals surface area contributed by atoms with Crippen LogP contribution in [-0.4, -0.2) is 70.9 Å². The number of nitrogens with two attached hydrogens (primary N) is 1. The van der Waals surface area contributed by atoms with Gasteiger partial charge in [-0.2, -0.15) is 4.98 Å². The number of hydrogen-bond donors (Lipinski definition) is 2. The van der Waals surface area contributed by atoms with Crippen molar-refractivity contribution in [2.45, 2.75) is 38.3 Å². The first-order chi connectivity index (χ1) is 14.0. The highest BCUT2D eigenvalue weighted by Crippen LogP contribution is 2.40. The van der Waals surface area contributed by atoms with E-state index in [0.29, 0.717) is 13.2 Å². The summed E-state index contributed by atoms with van der Waals surface area (Å²) in [5, 5.41) is 3.51. The Morgan fingerprint density at radius 2 is 2.03 bits per heavy atom. The van der Waals surface area contributed by atoms with Crippen molar-refractivity contribution in [3.63, 3.8) is 0 Å². The van der Waals surface area contributed by atoms with Gasteiger partial charge < -0.3 is 25.6 Å². The Morgan fingerprint density at radius 1 is 1.23 bits per heavy atom. The van der Waals surface area contributed by atoms with Crippen molar-refractivity contribution in [2.24, 2.45) is 0 Å². The fourth-order valence-corrected chi connectivity index (χ4v) is 4.66. The van der Waals surface area contributed by atoms with E-state index in [4.69, 9.17) is 20.4 Å². The molecule has 2 saturated heterocycles. The van der Waals surface area contributed by atoms with Crippen LogP contribution in [0.15, 0.2) is 12.4 Å². The summed E-state index contributed by atoms with van der Waals surface area (Å²) in [5.74, 6) is 2.08. The zero-order valence-corrected chi connectivity index (χ0v) is 18.3. The molecule has 3 N–H and O–H groups in total. The maximum atomic E-state index is 5.71. The second-order valence-electron chi connectivity index (χ2n) is 8.45. The molecule has 9 nitrogen and oxygen atoms in total. The van der Waals surface area contributed by atoms with Gasteiger partial charge in [0.1, 0.15) is 5.82 Å². The van der Waals surface area contributed by atoms with Gasteiger partial charge in [-0.05, 0) is 33.2 Å². The lowest BCUT2D eigenvalue weighted by molar-refractivity contribution is 0.0981. The third-order valence-electron chi connectivity index (χ3n) is 6.38. The van der Waals surface area contributed by atoms with E-state index in [-0.39, 0.29) is 29.9 Å². The molecule has 2 aromatic rings. The van der Waals surface area contributed by atoms with Crippen LogP contribution in [0.2, 0.25) is 0 Å². The third-order valence-corrected chi connectivity index (χ3v) is 6.38. The maximum absolute atomic E-state index is 5.71. The van der Waals surface area contributed by atoms with Crippen LogP contribution in [0.3, 0.4) is 0 Å². The Labute approximate surface area is 182 Å². The van der Waals surface area contributed by atoms with Gasteiger partial charge in [0.05, 0.1) is 30.5 Å². The highest BCUT2D eigenvalue weighted by Gasteiger charge is 2.41. The smallest absolute Gasteiger partial charge is 0.228 e. The molecule has 0 unspecified atom stereocenters. The summed E-state index contributed by atoms with van der Waals surface area (Å²) in [6.45, 7) is 9.61. The van der Waals surface area contributed by atoms with E-state index < -0.39 is 0 Å². The van der Waals surface area contributed by atoms with E-state index in [1.807, 2.05) is 0 Å². The second kappa shape index (κ2) is 8.13. The van der Waals surface area contributed by atoms with Gasteiger partial charge >= 0.3 is 0 Å². The number of halogens is 1. The fourth-order valence-electron chi connectivity index (χ4n) is 4.66. The number of morpholine rings is 1. The Hall–Kier alpha value is -2.23. The molecule has 2 aromatic heterocycles. The predicted molar refractivity (Wildman–Crippen MR) is 119 cm³/mol. The van der Waals surface area contributed by atoms with E-state index in [0.717, 1.165) is 62.0 Å². The average molecular weight is 433 g/mol. The molecule has 3 aliphatic heterocycles. The van der Waals surface area contributed by atoms with E-state index in [1.165, 1.54) is 5.56 Å². The van der Waals surface area contributed by atoms with Crippen LogP contribution in [0.4, 0.5) is 17.7 Å². The van der Waals surface area contributed by atoms with Crippen molar-refractivity contribution in [3.8, 4) is 11.3 Å². The Bertz CT molecular complexity index is 902. The third kappa shape index (κ3) is 3.55. The zero-order chi connectivity index (χ0) is 20.0. The molecule has 0 spiro atoms.